The van der Waals surface area contributed by atoms with Crippen LogP contribution >= 0.6 is 0 Å². The predicted octanol–water partition coefficient (Wildman–Crippen LogP) is 5.82. The molecule has 4 rings (SSSR count). The van der Waals surface area contributed by atoms with Crippen molar-refractivity contribution in [2.45, 2.75) is 18.8 Å². The largest absolute Gasteiger partial charge is 0.573 e. The van der Waals surface area contributed by atoms with E-state index in [2.05, 4.69) is 15.0 Å². The number of ether oxygens (including phenoxy) is 1. The van der Waals surface area contributed by atoms with Gasteiger partial charge in [0.1, 0.15) is 5.75 Å². The minimum atomic E-state index is -4.71. The summed E-state index contributed by atoms with van der Waals surface area (Å²) in [5.41, 5.74) is 3.18. The van der Waals surface area contributed by atoms with Gasteiger partial charge >= 0.3 is 6.36 Å². The van der Waals surface area contributed by atoms with Crippen LogP contribution < -0.4 is 10.1 Å². The van der Waals surface area contributed by atoms with Gasteiger partial charge in [-0.1, -0.05) is 60.7 Å². The molecule has 1 aromatic heterocycles. The minimum Gasteiger partial charge on any atom is -0.406 e. The van der Waals surface area contributed by atoms with Gasteiger partial charge in [-0.3, -0.25) is 4.79 Å². The Bertz CT molecular complexity index is 1190. The first kappa shape index (κ1) is 21.6. The highest BCUT2D eigenvalue weighted by Gasteiger charge is 2.31. The zero-order chi connectivity index (χ0) is 22.6. The SMILES string of the molecule is O=C(c1c[nH]c2ccccc12)[C@H](NCCc1ccc(OC(F)(F)F)cc1)c1ccccc1. The van der Waals surface area contributed by atoms with Gasteiger partial charge in [-0.2, -0.15) is 0 Å². The van der Waals surface area contributed by atoms with Crippen LogP contribution in [0.3, 0.4) is 0 Å². The summed E-state index contributed by atoms with van der Waals surface area (Å²) in [7, 11) is 0. The second-order valence-electron chi connectivity index (χ2n) is 7.35. The fourth-order valence-corrected chi connectivity index (χ4v) is 3.66. The fraction of sp³-hybridized carbons (Fsp3) is 0.160. The molecule has 0 spiro atoms. The molecule has 164 valence electrons. The molecule has 0 saturated heterocycles. The smallest absolute Gasteiger partial charge is 0.406 e. The van der Waals surface area contributed by atoms with Gasteiger partial charge in [0.25, 0.3) is 0 Å². The minimum absolute atomic E-state index is 0.0532. The number of carbonyl (C=O) groups excluding carboxylic acids is 1. The molecule has 7 heteroatoms. The van der Waals surface area contributed by atoms with Gasteiger partial charge in [0, 0.05) is 29.2 Å². The summed E-state index contributed by atoms with van der Waals surface area (Å²) in [6, 6.07) is 22.3. The first-order valence-electron chi connectivity index (χ1n) is 10.1. The molecule has 0 unspecified atom stereocenters. The molecule has 2 N–H and O–H groups in total. The highest BCUT2D eigenvalue weighted by Crippen LogP contribution is 2.25. The third-order valence-electron chi connectivity index (χ3n) is 5.17. The second kappa shape index (κ2) is 9.28. The normalized spacial score (nSPS) is 12.6. The number of aromatic nitrogens is 1. The quantitative estimate of drug-likeness (QED) is 0.341. The van der Waals surface area contributed by atoms with Crippen LogP contribution in [0.1, 0.15) is 27.5 Å². The molecule has 4 aromatic rings. The third kappa shape index (κ3) is 5.18. The number of benzene rings is 3. The van der Waals surface area contributed by atoms with Crippen LogP contribution in [0.25, 0.3) is 10.9 Å². The Balaban J connectivity index is 1.48. The van der Waals surface area contributed by atoms with Crippen LogP contribution in [0.15, 0.2) is 85.1 Å². The maximum Gasteiger partial charge on any atom is 0.573 e. The Hall–Kier alpha value is -3.58. The van der Waals surface area contributed by atoms with E-state index in [-0.39, 0.29) is 11.5 Å². The van der Waals surface area contributed by atoms with Crippen molar-refractivity contribution < 1.29 is 22.7 Å². The van der Waals surface area contributed by atoms with Crippen LogP contribution in [-0.2, 0) is 6.42 Å². The molecule has 0 amide bonds. The van der Waals surface area contributed by atoms with Crippen molar-refractivity contribution in [3.05, 3.63) is 102 Å². The van der Waals surface area contributed by atoms with E-state index in [4.69, 9.17) is 0 Å². The predicted molar refractivity (Wildman–Crippen MR) is 117 cm³/mol. The van der Waals surface area contributed by atoms with Crippen LogP contribution in [0.2, 0.25) is 0 Å². The Morgan fingerprint density at radius 1 is 0.938 bits per heavy atom. The summed E-state index contributed by atoms with van der Waals surface area (Å²) >= 11 is 0. The molecular weight excluding hydrogens is 417 g/mol. The Labute approximate surface area is 183 Å². The molecule has 0 bridgehead atoms. The van der Waals surface area contributed by atoms with E-state index in [1.807, 2.05) is 54.6 Å². The van der Waals surface area contributed by atoms with E-state index in [0.717, 1.165) is 22.0 Å². The van der Waals surface area contributed by atoms with E-state index in [9.17, 15) is 18.0 Å². The number of alkyl halides is 3. The standard InChI is InChI=1S/C25H21F3N2O2/c26-25(27,28)32-19-12-10-17(11-13-19)14-15-29-23(18-6-2-1-3-7-18)24(31)21-16-30-22-9-5-4-8-20(21)22/h1-13,16,23,29-30H,14-15H2/t23-/m1/s1. The summed E-state index contributed by atoms with van der Waals surface area (Å²) in [6.07, 6.45) is -2.45. The zero-order valence-electron chi connectivity index (χ0n) is 17.0. The molecular formula is C25H21F3N2O2. The van der Waals surface area contributed by atoms with Gasteiger partial charge in [-0.15, -0.1) is 13.2 Å². The van der Waals surface area contributed by atoms with Gasteiger partial charge < -0.3 is 15.0 Å². The van der Waals surface area contributed by atoms with E-state index in [0.29, 0.717) is 18.5 Å². The number of carbonyl (C=O) groups is 1. The molecule has 0 aliphatic carbocycles. The molecule has 0 saturated carbocycles. The molecule has 1 heterocycles. The zero-order valence-corrected chi connectivity index (χ0v) is 17.0. The van der Waals surface area contributed by atoms with Crippen molar-refractivity contribution in [3.63, 3.8) is 0 Å². The maximum atomic E-state index is 13.4. The van der Waals surface area contributed by atoms with Crippen molar-refractivity contribution in [1.82, 2.24) is 10.3 Å². The monoisotopic (exact) mass is 438 g/mol. The lowest BCUT2D eigenvalue weighted by atomic mass is 9.96. The van der Waals surface area contributed by atoms with Crippen molar-refractivity contribution in [2.75, 3.05) is 6.54 Å². The molecule has 0 fully saturated rings. The van der Waals surface area contributed by atoms with Crippen molar-refractivity contribution in [2.24, 2.45) is 0 Å². The van der Waals surface area contributed by atoms with Crippen LogP contribution in [0, 0.1) is 0 Å². The lowest BCUT2D eigenvalue weighted by Gasteiger charge is -2.18. The van der Waals surface area contributed by atoms with Gasteiger partial charge in [0.15, 0.2) is 5.78 Å². The number of aromatic amines is 1. The van der Waals surface area contributed by atoms with Gasteiger partial charge in [0.05, 0.1) is 6.04 Å². The molecule has 1 atom stereocenters. The molecule has 0 aliphatic rings. The van der Waals surface area contributed by atoms with Gasteiger partial charge in [-0.05, 0) is 35.7 Å². The topological polar surface area (TPSA) is 54.1 Å². The number of para-hydroxylation sites is 1. The lowest BCUT2D eigenvalue weighted by Crippen LogP contribution is -2.30. The molecule has 3 aromatic carbocycles. The van der Waals surface area contributed by atoms with Crippen molar-refractivity contribution in [3.8, 4) is 5.75 Å². The number of H-pyrrole nitrogens is 1. The van der Waals surface area contributed by atoms with Gasteiger partial charge in [-0.25, -0.2) is 0 Å². The van der Waals surface area contributed by atoms with E-state index < -0.39 is 12.4 Å². The summed E-state index contributed by atoms with van der Waals surface area (Å²) in [4.78, 5) is 16.6. The summed E-state index contributed by atoms with van der Waals surface area (Å²) < 4.78 is 40.9. The number of hydrogen-bond acceptors (Lipinski definition) is 3. The van der Waals surface area contributed by atoms with Gasteiger partial charge in [0.2, 0.25) is 0 Å². The van der Waals surface area contributed by atoms with Crippen LogP contribution in [0.4, 0.5) is 13.2 Å². The lowest BCUT2D eigenvalue weighted by molar-refractivity contribution is -0.274. The maximum absolute atomic E-state index is 13.4. The summed E-state index contributed by atoms with van der Waals surface area (Å²) in [5.74, 6) is -0.312. The number of halogens is 3. The third-order valence-corrected chi connectivity index (χ3v) is 5.17. The summed E-state index contributed by atoms with van der Waals surface area (Å²) in [6.45, 7) is 0.465. The number of rotatable bonds is 8. The average molecular weight is 438 g/mol. The first-order valence-corrected chi connectivity index (χ1v) is 10.1. The van der Waals surface area contributed by atoms with E-state index >= 15 is 0 Å². The molecule has 0 aliphatic heterocycles. The highest BCUT2D eigenvalue weighted by atomic mass is 19.4. The number of fused-ring (bicyclic) bond motifs is 1. The molecule has 0 radical (unpaired) electrons. The average Bonchev–Trinajstić information content (AvgIpc) is 3.21. The molecule has 4 nitrogen and oxygen atoms in total. The van der Waals surface area contributed by atoms with E-state index in [1.165, 1.54) is 12.1 Å². The van der Waals surface area contributed by atoms with Crippen LogP contribution in [0.5, 0.6) is 5.75 Å². The van der Waals surface area contributed by atoms with Crippen LogP contribution in [-0.4, -0.2) is 23.7 Å². The number of Topliss-reactive ketones (excluding diaryl/α,β-unsaturated/α-hetero) is 1. The molecule has 32 heavy (non-hydrogen) atoms. The number of nitrogens with one attached hydrogen (secondary N) is 2. The first-order chi connectivity index (χ1) is 15.4. The van der Waals surface area contributed by atoms with Crippen molar-refractivity contribution in [1.29, 1.82) is 0 Å². The second-order valence-corrected chi connectivity index (χ2v) is 7.35. The Kier molecular flexibility index (Phi) is 6.28. The Morgan fingerprint density at radius 2 is 1.62 bits per heavy atom. The fourth-order valence-electron chi connectivity index (χ4n) is 3.66. The number of ketones is 1. The number of hydrogen-bond donors (Lipinski definition) is 2. The Morgan fingerprint density at radius 3 is 2.34 bits per heavy atom. The van der Waals surface area contributed by atoms with Crippen molar-refractivity contribution >= 4 is 16.7 Å². The summed E-state index contributed by atoms with van der Waals surface area (Å²) in [5, 5.41) is 4.18. The van der Waals surface area contributed by atoms with E-state index in [1.54, 1.807) is 18.3 Å². The highest BCUT2D eigenvalue weighted by molar-refractivity contribution is 6.10.